The van der Waals surface area contributed by atoms with Crippen molar-refractivity contribution in [2.45, 2.75) is 13.8 Å². The number of aryl methyl sites for hydroxylation is 1. The summed E-state index contributed by atoms with van der Waals surface area (Å²) in [5.74, 6) is 0.782. The van der Waals surface area contributed by atoms with Gasteiger partial charge in [-0.25, -0.2) is 0 Å². The normalized spacial score (nSPS) is 10.8. The van der Waals surface area contributed by atoms with E-state index in [2.05, 4.69) is 0 Å². The minimum absolute atomic E-state index is 0.161. The lowest BCUT2D eigenvalue weighted by atomic mass is 10.0. The predicted octanol–water partition coefficient (Wildman–Crippen LogP) is 4.29. The standard InChI is InChI=1S/C18H16O3/c1-11-8-9-14(18(20-3)12(11)2)17(19)16-10-13-6-4-5-7-15(13)21-16/h4-10H,1-3H3. The molecular formula is C18H16O3. The van der Waals surface area contributed by atoms with Crippen LogP contribution < -0.4 is 4.74 Å². The van der Waals surface area contributed by atoms with Crippen LogP contribution in [0.1, 0.15) is 27.2 Å². The van der Waals surface area contributed by atoms with Crippen molar-refractivity contribution in [2.24, 2.45) is 0 Å². The van der Waals surface area contributed by atoms with Gasteiger partial charge >= 0.3 is 0 Å². The number of rotatable bonds is 3. The summed E-state index contributed by atoms with van der Waals surface area (Å²) >= 11 is 0. The van der Waals surface area contributed by atoms with Gasteiger partial charge < -0.3 is 9.15 Å². The Morgan fingerprint density at radius 1 is 1.10 bits per heavy atom. The first-order valence-electron chi connectivity index (χ1n) is 6.79. The molecule has 3 nitrogen and oxygen atoms in total. The van der Waals surface area contributed by atoms with Crippen LogP contribution in [0.2, 0.25) is 0 Å². The van der Waals surface area contributed by atoms with Crippen LogP contribution >= 0.6 is 0 Å². The summed E-state index contributed by atoms with van der Waals surface area (Å²) in [6.45, 7) is 3.94. The number of carbonyl (C=O) groups excluding carboxylic acids is 1. The Morgan fingerprint density at radius 2 is 1.86 bits per heavy atom. The van der Waals surface area contributed by atoms with E-state index in [0.717, 1.165) is 16.5 Å². The molecule has 0 N–H and O–H groups in total. The number of furan rings is 1. The lowest BCUT2D eigenvalue weighted by molar-refractivity contribution is 0.101. The van der Waals surface area contributed by atoms with E-state index in [9.17, 15) is 4.79 Å². The van der Waals surface area contributed by atoms with Crippen molar-refractivity contribution in [3.05, 3.63) is 64.9 Å². The summed E-state index contributed by atoms with van der Waals surface area (Å²) < 4.78 is 11.1. The third kappa shape index (κ3) is 2.21. The summed E-state index contributed by atoms with van der Waals surface area (Å²) in [6.07, 6.45) is 0. The summed E-state index contributed by atoms with van der Waals surface area (Å²) in [7, 11) is 1.58. The second-order valence-corrected chi connectivity index (χ2v) is 5.07. The van der Waals surface area contributed by atoms with Gasteiger partial charge in [-0.05, 0) is 43.2 Å². The molecule has 3 heteroatoms. The maximum atomic E-state index is 12.7. The average Bonchev–Trinajstić information content (AvgIpc) is 2.93. The van der Waals surface area contributed by atoms with E-state index in [4.69, 9.17) is 9.15 Å². The summed E-state index contributed by atoms with van der Waals surface area (Å²) in [5.41, 5.74) is 3.30. The van der Waals surface area contributed by atoms with E-state index in [1.165, 1.54) is 0 Å². The van der Waals surface area contributed by atoms with Crippen molar-refractivity contribution < 1.29 is 13.9 Å². The Hall–Kier alpha value is -2.55. The monoisotopic (exact) mass is 280 g/mol. The van der Waals surface area contributed by atoms with E-state index in [1.807, 2.05) is 44.2 Å². The molecule has 0 aliphatic carbocycles. The van der Waals surface area contributed by atoms with Crippen LogP contribution in [0.5, 0.6) is 5.75 Å². The fourth-order valence-electron chi connectivity index (χ4n) is 2.46. The van der Waals surface area contributed by atoms with Crippen LogP contribution in [0.25, 0.3) is 11.0 Å². The predicted molar refractivity (Wildman–Crippen MR) is 82.1 cm³/mol. The molecule has 0 aliphatic heterocycles. The third-order valence-electron chi connectivity index (χ3n) is 3.77. The molecule has 0 bridgehead atoms. The summed E-state index contributed by atoms with van der Waals surface area (Å²) in [6, 6.07) is 13.1. The molecule has 0 aliphatic rings. The number of ether oxygens (including phenoxy) is 1. The van der Waals surface area contributed by atoms with Crippen molar-refractivity contribution in [3.8, 4) is 5.75 Å². The van der Waals surface area contributed by atoms with Gasteiger partial charge in [0.05, 0.1) is 12.7 Å². The Balaban J connectivity index is 2.12. The van der Waals surface area contributed by atoms with Gasteiger partial charge in [-0.1, -0.05) is 24.3 Å². The molecule has 0 saturated heterocycles. The Bertz CT molecular complexity index is 795. The summed E-state index contributed by atoms with van der Waals surface area (Å²) in [5, 5.41) is 0.920. The Morgan fingerprint density at radius 3 is 2.57 bits per heavy atom. The van der Waals surface area contributed by atoms with E-state index in [1.54, 1.807) is 19.2 Å². The first kappa shape index (κ1) is 13.4. The highest BCUT2D eigenvalue weighted by molar-refractivity contribution is 6.10. The first-order valence-corrected chi connectivity index (χ1v) is 6.79. The molecule has 1 aromatic heterocycles. The molecule has 0 spiro atoms. The molecule has 0 radical (unpaired) electrons. The molecule has 3 aromatic rings. The number of benzene rings is 2. The Kier molecular flexibility index (Phi) is 3.26. The number of para-hydroxylation sites is 1. The molecule has 106 valence electrons. The number of carbonyl (C=O) groups is 1. The first-order chi connectivity index (χ1) is 10.1. The molecule has 2 aromatic carbocycles. The number of hydrogen-bond donors (Lipinski definition) is 0. The van der Waals surface area contributed by atoms with Crippen LogP contribution in [0.3, 0.4) is 0 Å². The van der Waals surface area contributed by atoms with Crippen LogP contribution in [-0.4, -0.2) is 12.9 Å². The lowest BCUT2D eigenvalue weighted by Crippen LogP contribution is -2.05. The molecule has 0 amide bonds. The maximum Gasteiger partial charge on any atom is 0.231 e. The second-order valence-electron chi connectivity index (χ2n) is 5.07. The van der Waals surface area contributed by atoms with Crippen LogP contribution in [0, 0.1) is 13.8 Å². The van der Waals surface area contributed by atoms with E-state index in [0.29, 0.717) is 22.7 Å². The van der Waals surface area contributed by atoms with Crippen molar-refractivity contribution in [1.82, 2.24) is 0 Å². The zero-order chi connectivity index (χ0) is 15.0. The molecule has 3 rings (SSSR count). The molecule has 0 atom stereocenters. The van der Waals surface area contributed by atoms with Gasteiger partial charge in [0.2, 0.25) is 5.78 Å². The van der Waals surface area contributed by atoms with Gasteiger partial charge in [0.15, 0.2) is 5.76 Å². The minimum Gasteiger partial charge on any atom is -0.496 e. The maximum absolute atomic E-state index is 12.7. The van der Waals surface area contributed by atoms with Gasteiger partial charge in [-0.2, -0.15) is 0 Å². The second kappa shape index (κ2) is 5.09. The highest BCUT2D eigenvalue weighted by Crippen LogP contribution is 2.29. The van der Waals surface area contributed by atoms with Gasteiger partial charge in [0, 0.05) is 5.39 Å². The molecule has 21 heavy (non-hydrogen) atoms. The van der Waals surface area contributed by atoms with Gasteiger partial charge in [0.1, 0.15) is 11.3 Å². The van der Waals surface area contributed by atoms with Crippen molar-refractivity contribution in [1.29, 1.82) is 0 Å². The zero-order valence-corrected chi connectivity index (χ0v) is 12.3. The molecular weight excluding hydrogens is 264 g/mol. The number of methoxy groups -OCH3 is 1. The molecule has 0 unspecified atom stereocenters. The van der Waals surface area contributed by atoms with E-state index >= 15 is 0 Å². The van der Waals surface area contributed by atoms with Gasteiger partial charge in [-0.3, -0.25) is 4.79 Å². The summed E-state index contributed by atoms with van der Waals surface area (Å²) in [4.78, 5) is 12.7. The smallest absolute Gasteiger partial charge is 0.231 e. The lowest BCUT2D eigenvalue weighted by Gasteiger charge is -2.11. The van der Waals surface area contributed by atoms with Crippen molar-refractivity contribution in [3.63, 3.8) is 0 Å². The van der Waals surface area contributed by atoms with E-state index < -0.39 is 0 Å². The van der Waals surface area contributed by atoms with Gasteiger partial charge in [-0.15, -0.1) is 0 Å². The fourth-order valence-corrected chi connectivity index (χ4v) is 2.46. The van der Waals surface area contributed by atoms with Gasteiger partial charge in [0.25, 0.3) is 0 Å². The van der Waals surface area contributed by atoms with Crippen LogP contribution in [-0.2, 0) is 0 Å². The topological polar surface area (TPSA) is 39.4 Å². The fraction of sp³-hybridized carbons (Fsp3) is 0.167. The molecule has 0 saturated carbocycles. The number of fused-ring (bicyclic) bond motifs is 1. The van der Waals surface area contributed by atoms with Crippen LogP contribution in [0.4, 0.5) is 0 Å². The van der Waals surface area contributed by atoms with Crippen molar-refractivity contribution in [2.75, 3.05) is 7.11 Å². The molecule has 0 fully saturated rings. The highest BCUT2D eigenvalue weighted by atomic mass is 16.5. The third-order valence-corrected chi connectivity index (χ3v) is 3.77. The average molecular weight is 280 g/mol. The number of hydrogen-bond acceptors (Lipinski definition) is 3. The van der Waals surface area contributed by atoms with E-state index in [-0.39, 0.29) is 5.78 Å². The van der Waals surface area contributed by atoms with Crippen molar-refractivity contribution >= 4 is 16.8 Å². The SMILES string of the molecule is COc1c(C(=O)c2cc3ccccc3o2)ccc(C)c1C. The van der Waals surface area contributed by atoms with Crippen LogP contribution in [0.15, 0.2) is 46.9 Å². The largest absolute Gasteiger partial charge is 0.496 e. The highest BCUT2D eigenvalue weighted by Gasteiger charge is 2.20. The minimum atomic E-state index is -0.161. The number of ketones is 1. The Labute approximate surface area is 123 Å². The zero-order valence-electron chi connectivity index (χ0n) is 12.3. The molecule has 1 heterocycles. The quantitative estimate of drug-likeness (QED) is 0.672.